The van der Waals surface area contributed by atoms with Crippen LogP contribution in [0.1, 0.15) is 19.2 Å². The van der Waals surface area contributed by atoms with E-state index in [0.717, 1.165) is 11.3 Å². The fourth-order valence-corrected chi connectivity index (χ4v) is 2.31. The molecule has 1 aromatic carbocycles. The highest BCUT2D eigenvalue weighted by atomic mass is 16.2. The fourth-order valence-electron chi connectivity index (χ4n) is 2.31. The van der Waals surface area contributed by atoms with Crippen LogP contribution >= 0.6 is 0 Å². The molecule has 24 heavy (non-hydrogen) atoms. The molecule has 3 aromatic rings. The Morgan fingerprint density at radius 1 is 1.08 bits per heavy atom. The number of benzene rings is 1. The van der Waals surface area contributed by atoms with E-state index in [4.69, 9.17) is 0 Å². The number of imidazole rings is 1. The monoisotopic (exact) mass is 323 g/mol. The molecule has 7 nitrogen and oxygen atoms in total. The highest BCUT2D eigenvalue weighted by Crippen LogP contribution is 2.14. The maximum Gasteiger partial charge on any atom is 0.224 e. The van der Waals surface area contributed by atoms with Crippen LogP contribution in [-0.4, -0.2) is 26.8 Å². The van der Waals surface area contributed by atoms with Crippen molar-refractivity contribution in [2.24, 2.45) is 0 Å². The largest absolute Gasteiger partial charge is 0.341 e. The maximum atomic E-state index is 12.0. The number of hydrogen-bond acceptors (Lipinski definition) is 4. The Labute approximate surface area is 138 Å². The van der Waals surface area contributed by atoms with Gasteiger partial charge in [-0.25, -0.2) is 9.97 Å². The number of amides is 2. The molecule has 0 aliphatic carbocycles. The van der Waals surface area contributed by atoms with Gasteiger partial charge in [0.25, 0.3) is 0 Å². The molecular formula is C17H17N5O2. The number of aromatic amines is 1. The van der Waals surface area contributed by atoms with E-state index in [1.165, 1.54) is 6.92 Å². The highest BCUT2D eigenvalue weighted by Gasteiger charge is 2.07. The predicted molar refractivity (Wildman–Crippen MR) is 91.6 cm³/mol. The number of aryl methyl sites for hydroxylation is 1. The average Bonchev–Trinajstić information content (AvgIpc) is 2.97. The smallest absolute Gasteiger partial charge is 0.224 e. The zero-order valence-corrected chi connectivity index (χ0v) is 13.2. The van der Waals surface area contributed by atoms with E-state index in [9.17, 15) is 9.59 Å². The number of carbonyl (C=O) groups is 2. The van der Waals surface area contributed by atoms with Crippen molar-refractivity contribution in [3.05, 3.63) is 48.4 Å². The number of fused-ring (bicyclic) bond motifs is 1. The molecule has 0 spiro atoms. The Balaban J connectivity index is 1.54. The van der Waals surface area contributed by atoms with Gasteiger partial charge in [-0.15, -0.1) is 0 Å². The van der Waals surface area contributed by atoms with Crippen molar-refractivity contribution in [3.63, 3.8) is 0 Å². The first-order valence-corrected chi connectivity index (χ1v) is 7.57. The van der Waals surface area contributed by atoms with Crippen LogP contribution in [0.4, 0.5) is 11.4 Å². The van der Waals surface area contributed by atoms with Gasteiger partial charge < -0.3 is 15.6 Å². The van der Waals surface area contributed by atoms with Crippen LogP contribution in [-0.2, 0) is 16.0 Å². The molecule has 0 saturated heterocycles. The SMILES string of the molecule is CC(=O)Nc1ccc(NC(=O)CCc2nc3ncccc3[nH]2)cc1. The normalized spacial score (nSPS) is 10.5. The Bertz CT molecular complexity index is 837. The van der Waals surface area contributed by atoms with Crippen molar-refractivity contribution in [2.45, 2.75) is 19.8 Å². The predicted octanol–water partition coefficient (Wildman–Crippen LogP) is 2.49. The number of H-pyrrole nitrogens is 1. The summed E-state index contributed by atoms with van der Waals surface area (Å²) < 4.78 is 0. The Kier molecular flexibility index (Phi) is 4.51. The number of pyridine rings is 1. The summed E-state index contributed by atoms with van der Waals surface area (Å²) in [5.74, 6) is 0.502. The van der Waals surface area contributed by atoms with E-state index in [1.54, 1.807) is 30.5 Å². The van der Waals surface area contributed by atoms with Crippen LogP contribution in [0.3, 0.4) is 0 Å². The number of aromatic nitrogens is 3. The summed E-state index contributed by atoms with van der Waals surface area (Å²) in [6.45, 7) is 1.45. The minimum absolute atomic E-state index is 0.101. The van der Waals surface area contributed by atoms with Gasteiger partial charge in [0, 0.05) is 37.3 Å². The van der Waals surface area contributed by atoms with Gasteiger partial charge in [-0.05, 0) is 36.4 Å². The summed E-state index contributed by atoms with van der Waals surface area (Å²) in [6, 6.07) is 10.7. The summed E-state index contributed by atoms with van der Waals surface area (Å²) in [6.07, 6.45) is 2.50. The molecule has 0 unspecified atom stereocenters. The van der Waals surface area contributed by atoms with E-state index in [2.05, 4.69) is 25.6 Å². The lowest BCUT2D eigenvalue weighted by Crippen LogP contribution is -2.13. The average molecular weight is 323 g/mol. The van der Waals surface area contributed by atoms with Crippen molar-refractivity contribution in [3.8, 4) is 0 Å². The molecule has 0 radical (unpaired) electrons. The van der Waals surface area contributed by atoms with Crippen molar-refractivity contribution in [1.29, 1.82) is 0 Å². The zero-order valence-electron chi connectivity index (χ0n) is 13.2. The molecule has 0 aliphatic rings. The Morgan fingerprint density at radius 3 is 2.46 bits per heavy atom. The molecule has 0 fully saturated rings. The molecule has 7 heteroatoms. The third-order valence-electron chi connectivity index (χ3n) is 3.38. The zero-order chi connectivity index (χ0) is 16.9. The van der Waals surface area contributed by atoms with E-state index in [-0.39, 0.29) is 11.8 Å². The number of hydrogen-bond donors (Lipinski definition) is 3. The van der Waals surface area contributed by atoms with Gasteiger partial charge in [-0.2, -0.15) is 0 Å². The lowest BCUT2D eigenvalue weighted by atomic mass is 10.2. The first-order valence-electron chi connectivity index (χ1n) is 7.57. The van der Waals surface area contributed by atoms with Crippen LogP contribution in [0.15, 0.2) is 42.6 Å². The molecule has 0 bridgehead atoms. The standard InChI is InChI=1S/C17H17N5O2/c1-11(23)19-12-4-6-13(7-5-12)20-16(24)9-8-15-21-14-3-2-10-18-17(14)22-15/h2-7,10H,8-9H2,1H3,(H,19,23)(H,20,24)(H,18,21,22). The lowest BCUT2D eigenvalue weighted by Gasteiger charge is -2.06. The number of nitrogens with one attached hydrogen (secondary N) is 3. The summed E-state index contributed by atoms with van der Waals surface area (Å²) in [5, 5.41) is 5.49. The molecule has 2 heterocycles. The van der Waals surface area contributed by atoms with Gasteiger partial charge >= 0.3 is 0 Å². The van der Waals surface area contributed by atoms with Crippen LogP contribution in [0, 0.1) is 0 Å². The van der Waals surface area contributed by atoms with Gasteiger partial charge in [0.15, 0.2) is 5.65 Å². The van der Waals surface area contributed by atoms with E-state index in [1.807, 2.05) is 12.1 Å². The second kappa shape index (κ2) is 6.91. The van der Waals surface area contributed by atoms with E-state index < -0.39 is 0 Å². The van der Waals surface area contributed by atoms with Gasteiger partial charge in [-0.1, -0.05) is 0 Å². The van der Waals surface area contributed by atoms with Crippen LogP contribution in [0.25, 0.3) is 11.2 Å². The first kappa shape index (κ1) is 15.7. The molecule has 2 aromatic heterocycles. The summed E-state index contributed by atoms with van der Waals surface area (Å²) in [5.41, 5.74) is 2.89. The van der Waals surface area contributed by atoms with Crippen molar-refractivity contribution >= 4 is 34.4 Å². The number of carbonyl (C=O) groups excluding carboxylic acids is 2. The molecular weight excluding hydrogens is 306 g/mol. The minimum atomic E-state index is -0.132. The Morgan fingerprint density at radius 2 is 1.79 bits per heavy atom. The second-order valence-electron chi connectivity index (χ2n) is 5.36. The van der Waals surface area contributed by atoms with Crippen molar-refractivity contribution in [1.82, 2.24) is 15.0 Å². The van der Waals surface area contributed by atoms with Gasteiger partial charge in [-0.3, -0.25) is 9.59 Å². The van der Waals surface area contributed by atoms with Crippen molar-refractivity contribution in [2.75, 3.05) is 10.6 Å². The molecule has 0 atom stereocenters. The number of rotatable bonds is 5. The molecule has 0 aliphatic heterocycles. The van der Waals surface area contributed by atoms with E-state index in [0.29, 0.717) is 29.9 Å². The topological polar surface area (TPSA) is 99.8 Å². The highest BCUT2D eigenvalue weighted by molar-refractivity contribution is 5.92. The van der Waals surface area contributed by atoms with Crippen LogP contribution in [0.2, 0.25) is 0 Å². The molecule has 2 amide bonds. The third-order valence-corrected chi connectivity index (χ3v) is 3.38. The van der Waals surface area contributed by atoms with Gasteiger partial charge in [0.1, 0.15) is 5.82 Å². The summed E-state index contributed by atoms with van der Waals surface area (Å²) in [7, 11) is 0. The molecule has 3 rings (SSSR count). The number of nitrogens with zero attached hydrogens (tertiary/aromatic N) is 2. The maximum absolute atomic E-state index is 12.0. The summed E-state index contributed by atoms with van der Waals surface area (Å²) >= 11 is 0. The van der Waals surface area contributed by atoms with Crippen LogP contribution in [0.5, 0.6) is 0 Å². The molecule has 122 valence electrons. The second-order valence-corrected chi connectivity index (χ2v) is 5.36. The van der Waals surface area contributed by atoms with Crippen molar-refractivity contribution < 1.29 is 9.59 Å². The number of anilines is 2. The van der Waals surface area contributed by atoms with Crippen LogP contribution < -0.4 is 10.6 Å². The van der Waals surface area contributed by atoms with Gasteiger partial charge in [0.2, 0.25) is 11.8 Å². The lowest BCUT2D eigenvalue weighted by molar-refractivity contribution is -0.116. The summed E-state index contributed by atoms with van der Waals surface area (Å²) in [4.78, 5) is 34.6. The minimum Gasteiger partial charge on any atom is -0.341 e. The fraction of sp³-hybridized carbons (Fsp3) is 0.176. The van der Waals surface area contributed by atoms with Gasteiger partial charge in [0.05, 0.1) is 5.52 Å². The molecule has 3 N–H and O–H groups in total. The third kappa shape index (κ3) is 3.95. The quantitative estimate of drug-likeness (QED) is 0.671. The molecule has 0 saturated carbocycles. The van der Waals surface area contributed by atoms with E-state index >= 15 is 0 Å². The first-order chi connectivity index (χ1) is 11.6. The Hall–Kier alpha value is -3.22.